The van der Waals surface area contributed by atoms with Crippen LogP contribution in [0.15, 0.2) is 193 Å². The minimum Gasteiger partial charge on any atom is -0.309 e. The molecular formula is C54H35F2N2OP. The minimum absolute atomic E-state index is 0.135. The van der Waals surface area contributed by atoms with E-state index in [4.69, 9.17) is 9.97 Å². The lowest BCUT2D eigenvalue weighted by atomic mass is 9.91. The summed E-state index contributed by atoms with van der Waals surface area (Å²) in [5.41, 5.74) is 5.09. The summed E-state index contributed by atoms with van der Waals surface area (Å²) >= 11 is 0. The molecular weight excluding hydrogens is 762 g/mol. The third kappa shape index (κ3) is 5.72. The predicted molar refractivity (Wildman–Crippen MR) is 246 cm³/mol. The summed E-state index contributed by atoms with van der Waals surface area (Å²) in [6.07, 6.45) is 7.77. The Labute approximate surface area is 345 Å². The van der Waals surface area contributed by atoms with E-state index in [9.17, 15) is 0 Å². The average Bonchev–Trinajstić information content (AvgIpc) is 3.32. The fourth-order valence-corrected chi connectivity index (χ4v) is 11.9. The van der Waals surface area contributed by atoms with E-state index in [1.807, 2.05) is 146 Å². The number of halogens is 2. The maximum Gasteiger partial charge on any atom is 0.167 e. The molecule has 1 atom stereocenters. The Morgan fingerprint density at radius 1 is 0.467 bits per heavy atom. The van der Waals surface area contributed by atoms with Gasteiger partial charge in [0.25, 0.3) is 0 Å². The normalized spacial score (nSPS) is 13.9. The number of para-hydroxylation sites is 1. The average molecular weight is 797 g/mol. The van der Waals surface area contributed by atoms with E-state index in [0.29, 0.717) is 44.3 Å². The Morgan fingerprint density at radius 3 is 1.68 bits per heavy atom. The number of hydrogen-bond donors (Lipinski definition) is 0. The van der Waals surface area contributed by atoms with Crippen LogP contribution in [-0.2, 0) is 4.57 Å². The van der Waals surface area contributed by atoms with Crippen molar-refractivity contribution in [3.63, 3.8) is 0 Å². The van der Waals surface area contributed by atoms with E-state index in [0.717, 1.165) is 50.7 Å². The smallest absolute Gasteiger partial charge is 0.167 e. The minimum atomic E-state index is -3.07. The maximum atomic E-state index is 17.8. The van der Waals surface area contributed by atoms with Crippen LogP contribution >= 0.6 is 7.14 Å². The van der Waals surface area contributed by atoms with Crippen LogP contribution in [0.4, 0.5) is 8.78 Å². The number of fused-ring (bicyclic) bond motifs is 7. The molecule has 0 fully saturated rings. The molecule has 0 radical (unpaired) electrons. The molecule has 8 aromatic carbocycles. The second-order valence-corrected chi connectivity index (χ2v) is 18.2. The lowest BCUT2D eigenvalue weighted by Crippen LogP contribution is -2.18. The van der Waals surface area contributed by atoms with Gasteiger partial charge >= 0.3 is 0 Å². The third-order valence-electron chi connectivity index (χ3n) is 11.9. The lowest BCUT2D eigenvalue weighted by molar-refractivity contribution is 0.589. The molecule has 2 aromatic heterocycles. The van der Waals surface area contributed by atoms with Gasteiger partial charge in [-0.1, -0.05) is 164 Å². The van der Waals surface area contributed by atoms with E-state index in [1.54, 1.807) is 6.07 Å². The summed E-state index contributed by atoms with van der Waals surface area (Å²) in [4.78, 5) is 10.1. The quantitative estimate of drug-likeness (QED) is 0.0956. The molecule has 6 heteroatoms. The monoisotopic (exact) mass is 796 g/mol. The summed E-state index contributed by atoms with van der Waals surface area (Å²) in [6.45, 7) is 0. The molecule has 60 heavy (non-hydrogen) atoms. The Morgan fingerprint density at radius 2 is 1.02 bits per heavy atom. The summed E-state index contributed by atoms with van der Waals surface area (Å²) in [5.74, 6) is -1.07. The summed E-state index contributed by atoms with van der Waals surface area (Å²) in [5, 5.41) is 6.26. The van der Waals surface area contributed by atoms with E-state index in [2.05, 4.69) is 36.4 Å². The van der Waals surface area contributed by atoms with Gasteiger partial charge in [-0.25, -0.2) is 18.7 Å². The third-order valence-corrected chi connectivity index (χ3v) is 15.1. The second-order valence-electron chi connectivity index (χ2n) is 15.3. The van der Waals surface area contributed by atoms with Crippen molar-refractivity contribution in [3.05, 3.63) is 205 Å². The molecule has 10 aromatic rings. The number of nitrogens with zero attached hydrogens (tertiary/aromatic N) is 2. The van der Waals surface area contributed by atoms with Crippen molar-refractivity contribution in [2.24, 2.45) is 0 Å². The highest BCUT2D eigenvalue weighted by molar-refractivity contribution is 7.82. The molecule has 3 nitrogen and oxygen atoms in total. The first-order valence-electron chi connectivity index (χ1n) is 20.1. The van der Waals surface area contributed by atoms with Gasteiger partial charge in [-0.3, -0.25) is 0 Å². The van der Waals surface area contributed by atoms with Crippen LogP contribution < -0.4 is 10.6 Å². The van der Waals surface area contributed by atoms with Crippen LogP contribution in [0.2, 0.25) is 0 Å². The summed E-state index contributed by atoms with van der Waals surface area (Å²) in [6, 6.07) is 54.1. The van der Waals surface area contributed by atoms with Gasteiger partial charge in [0.15, 0.2) is 7.14 Å². The van der Waals surface area contributed by atoms with Gasteiger partial charge in [-0.2, -0.15) is 0 Å². The van der Waals surface area contributed by atoms with Crippen LogP contribution in [0.1, 0.15) is 12.8 Å². The van der Waals surface area contributed by atoms with E-state index in [-0.39, 0.29) is 21.5 Å². The zero-order valence-corrected chi connectivity index (χ0v) is 33.2. The van der Waals surface area contributed by atoms with Gasteiger partial charge in [0, 0.05) is 54.1 Å². The van der Waals surface area contributed by atoms with Crippen molar-refractivity contribution in [3.8, 4) is 33.6 Å². The number of allylic oxidation sites excluding steroid dienone is 4. The topological polar surface area (TPSA) is 42.9 Å². The number of hydrogen-bond acceptors (Lipinski definition) is 3. The van der Waals surface area contributed by atoms with Crippen molar-refractivity contribution in [2.45, 2.75) is 12.8 Å². The van der Waals surface area contributed by atoms with Gasteiger partial charge < -0.3 is 4.57 Å². The zero-order chi connectivity index (χ0) is 40.4. The molecule has 0 spiro atoms. The van der Waals surface area contributed by atoms with Crippen LogP contribution in [0.25, 0.3) is 87.8 Å². The molecule has 0 saturated heterocycles. The molecule has 0 aliphatic heterocycles. The van der Waals surface area contributed by atoms with Gasteiger partial charge in [0.2, 0.25) is 0 Å². The standard InChI is InChI=1S/C54H35F2N2OP/c55-51-47-43-23-13-14-24-45(43)57-53(34-15-5-1-6-16-34)49(47)52(56)48-44-30-28-39(33-46(44)58-54(50(48)51)35-17-7-2-8-18-35)36-25-26-38-32-42(29-27-37(38)31-36)60(59,40-19-9-3-10-20-40)41-21-11-4-12-22-41/h1-11,13-21,23-33H,12,22H2. The van der Waals surface area contributed by atoms with Gasteiger partial charge in [0.1, 0.15) is 11.6 Å². The first kappa shape index (κ1) is 36.0. The molecule has 0 N–H and O–H groups in total. The first-order valence-corrected chi connectivity index (χ1v) is 21.8. The first-order chi connectivity index (χ1) is 29.5. The van der Waals surface area contributed by atoms with Crippen LogP contribution in [-0.4, -0.2) is 9.97 Å². The summed E-state index contributed by atoms with van der Waals surface area (Å²) in [7, 11) is -3.07. The van der Waals surface area contributed by atoms with Crippen molar-refractivity contribution in [1.29, 1.82) is 0 Å². The molecule has 0 amide bonds. The molecule has 1 aliphatic rings. The van der Waals surface area contributed by atoms with E-state index < -0.39 is 18.8 Å². The van der Waals surface area contributed by atoms with Crippen LogP contribution in [0.3, 0.4) is 0 Å². The number of aromatic nitrogens is 2. The molecule has 2 heterocycles. The number of benzene rings is 8. The molecule has 286 valence electrons. The Kier molecular flexibility index (Phi) is 8.61. The lowest BCUT2D eigenvalue weighted by Gasteiger charge is -2.24. The molecule has 1 aliphatic carbocycles. The summed E-state index contributed by atoms with van der Waals surface area (Å²) < 4.78 is 50.7. The van der Waals surface area contributed by atoms with Crippen LogP contribution in [0, 0.1) is 11.6 Å². The SMILES string of the molecule is O=P(C1=CC=CCC1)(c1ccccc1)c1ccc2cc(-c3ccc4c(c3)nc(-c3ccccc3)c3c(F)c5c(c(-c6ccccc6)nc6ccccc65)c(F)c34)ccc2c1. The number of rotatable bonds is 6. The molecule has 1 unspecified atom stereocenters. The number of pyridine rings is 2. The molecule has 11 rings (SSSR count). The van der Waals surface area contributed by atoms with Crippen LogP contribution in [0.5, 0.6) is 0 Å². The largest absolute Gasteiger partial charge is 0.309 e. The fraction of sp³-hybridized carbons (Fsp3) is 0.0370. The Balaban J connectivity index is 1.12. The Bertz CT molecular complexity index is 3480. The fourth-order valence-electron chi connectivity index (χ4n) is 8.98. The predicted octanol–water partition coefficient (Wildman–Crippen LogP) is 14.1. The van der Waals surface area contributed by atoms with Gasteiger partial charge in [-0.15, -0.1) is 0 Å². The Hall–Kier alpha value is -7.07. The second kappa shape index (κ2) is 14.3. The van der Waals surface area contributed by atoms with Gasteiger partial charge in [-0.05, 0) is 64.3 Å². The zero-order valence-electron chi connectivity index (χ0n) is 32.3. The highest BCUT2D eigenvalue weighted by Gasteiger charge is 2.32. The van der Waals surface area contributed by atoms with E-state index in [1.165, 1.54) is 0 Å². The van der Waals surface area contributed by atoms with Crippen molar-refractivity contribution in [1.82, 2.24) is 9.97 Å². The maximum absolute atomic E-state index is 17.8. The van der Waals surface area contributed by atoms with Crippen molar-refractivity contribution < 1.29 is 13.3 Å². The molecule has 0 bridgehead atoms. The highest BCUT2D eigenvalue weighted by atomic mass is 31.2. The van der Waals surface area contributed by atoms with Crippen molar-refractivity contribution >= 4 is 71.9 Å². The van der Waals surface area contributed by atoms with Gasteiger partial charge in [0.05, 0.1) is 22.4 Å². The highest BCUT2D eigenvalue weighted by Crippen LogP contribution is 2.54. The van der Waals surface area contributed by atoms with Crippen molar-refractivity contribution in [2.75, 3.05) is 0 Å². The molecule has 0 saturated carbocycles. The van der Waals surface area contributed by atoms with E-state index >= 15 is 13.3 Å².